The number of carbonyl (C=O) groups is 1. The number of esters is 1. The largest absolute Gasteiger partial charge is 0.457 e. The Morgan fingerprint density at radius 1 is 0.607 bits per heavy atom. The molecule has 0 aliphatic heterocycles. The Kier molecular flexibility index (Phi) is 4.02. The summed E-state index contributed by atoms with van der Waals surface area (Å²) in [5.41, 5.74) is 1.59. The number of hydrogen-bond acceptors (Lipinski definition) is 2. The summed E-state index contributed by atoms with van der Waals surface area (Å²) in [6, 6.07) is 32.3. The highest BCUT2D eigenvalue weighted by molar-refractivity contribution is 6.09. The lowest BCUT2D eigenvalue weighted by atomic mass is 9.97. The van der Waals surface area contributed by atoms with Crippen LogP contribution in [0, 0.1) is 0 Å². The smallest absolute Gasteiger partial charge is 0.338 e. The number of rotatable bonds is 3. The molecule has 0 atom stereocenters. The van der Waals surface area contributed by atoms with Crippen LogP contribution in [0.5, 0.6) is 0 Å². The summed E-state index contributed by atoms with van der Waals surface area (Å²) in [6.45, 7) is 0.247. The van der Waals surface area contributed by atoms with E-state index in [9.17, 15) is 4.79 Å². The van der Waals surface area contributed by atoms with Crippen LogP contribution in [0.3, 0.4) is 0 Å². The van der Waals surface area contributed by atoms with Gasteiger partial charge in [0.2, 0.25) is 0 Å². The molecule has 0 heterocycles. The van der Waals surface area contributed by atoms with E-state index in [1.165, 1.54) is 10.8 Å². The number of fused-ring (bicyclic) bond motifs is 4. The Bertz CT molecular complexity index is 1330. The van der Waals surface area contributed by atoms with Gasteiger partial charge in [-0.2, -0.15) is 0 Å². The molecule has 5 aromatic carbocycles. The predicted octanol–water partition coefficient (Wildman–Crippen LogP) is 6.50. The van der Waals surface area contributed by atoms with E-state index in [-0.39, 0.29) is 12.6 Å². The first-order valence-corrected chi connectivity index (χ1v) is 9.35. The molecule has 0 N–H and O–H groups in total. The monoisotopic (exact) mass is 362 g/mol. The number of benzene rings is 5. The van der Waals surface area contributed by atoms with Gasteiger partial charge in [-0.1, -0.05) is 78.9 Å². The second-order valence-corrected chi connectivity index (χ2v) is 6.94. The van der Waals surface area contributed by atoms with E-state index in [2.05, 4.69) is 30.3 Å². The van der Waals surface area contributed by atoms with E-state index in [0.717, 1.165) is 27.1 Å². The zero-order valence-corrected chi connectivity index (χ0v) is 15.3. The Morgan fingerprint density at radius 2 is 1.25 bits per heavy atom. The summed E-state index contributed by atoms with van der Waals surface area (Å²) < 4.78 is 5.68. The molecule has 5 aromatic rings. The van der Waals surface area contributed by atoms with Crippen LogP contribution < -0.4 is 0 Å². The fourth-order valence-corrected chi connectivity index (χ4v) is 3.79. The molecule has 0 aliphatic rings. The minimum absolute atomic E-state index is 0.247. The van der Waals surface area contributed by atoms with Gasteiger partial charge >= 0.3 is 5.97 Å². The van der Waals surface area contributed by atoms with Crippen molar-refractivity contribution in [3.05, 3.63) is 108 Å². The molecule has 2 nitrogen and oxygen atoms in total. The molecule has 2 heteroatoms. The van der Waals surface area contributed by atoms with Crippen molar-refractivity contribution in [1.82, 2.24) is 0 Å². The molecule has 0 unspecified atom stereocenters. The van der Waals surface area contributed by atoms with Gasteiger partial charge in [0.15, 0.2) is 0 Å². The van der Waals surface area contributed by atoms with Gasteiger partial charge in [-0.3, -0.25) is 0 Å². The van der Waals surface area contributed by atoms with Crippen LogP contribution in [0.1, 0.15) is 15.9 Å². The molecule has 5 rings (SSSR count). The molecular formula is C26H18O2. The molecule has 28 heavy (non-hydrogen) atoms. The van der Waals surface area contributed by atoms with Gasteiger partial charge in [-0.05, 0) is 56.1 Å². The number of ether oxygens (including phenoxy) is 1. The molecule has 0 spiro atoms. The maximum absolute atomic E-state index is 12.6. The van der Waals surface area contributed by atoms with Crippen molar-refractivity contribution in [2.75, 3.05) is 0 Å². The van der Waals surface area contributed by atoms with Crippen LogP contribution in [0.15, 0.2) is 97.1 Å². The summed E-state index contributed by atoms with van der Waals surface area (Å²) in [7, 11) is 0. The Hall–Kier alpha value is -3.65. The van der Waals surface area contributed by atoms with Gasteiger partial charge in [-0.25, -0.2) is 4.79 Å². The van der Waals surface area contributed by atoms with Crippen LogP contribution in [-0.4, -0.2) is 5.97 Å². The van der Waals surface area contributed by atoms with Crippen LogP contribution in [0.4, 0.5) is 0 Å². The van der Waals surface area contributed by atoms with Gasteiger partial charge in [-0.15, -0.1) is 0 Å². The Morgan fingerprint density at radius 3 is 2.07 bits per heavy atom. The molecule has 0 aromatic heterocycles. The summed E-state index contributed by atoms with van der Waals surface area (Å²) in [5.74, 6) is -0.303. The Labute approximate surface area is 163 Å². The van der Waals surface area contributed by atoms with E-state index < -0.39 is 0 Å². The lowest BCUT2D eigenvalue weighted by Crippen LogP contribution is -2.05. The van der Waals surface area contributed by atoms with Crippen LogP contribution in [-0.2, 0) is 11.3 Å². The van der Waals surface area contributed by atoms with E-state index in [1.54, 1.807) is 0 Å². The number of hydrogen-bond donors (Lipinski definition) is 0. The quantitative estimate of drug-likeness (QED) is 0.270. The summed E-state index contributed by atoms with van der Waals surface area (Å²) in [5, 5.41) is 6.80. The summed E-state index contributed by atoms with van der Waals surface area (Å²) in [4.78, 5) is 12.6. The van der Waals surface area contributed by atoms with Gasteiger partial charge in [0.25, 0.3) is 0 Å². The maximum atomic E-state index is 12.6. The van der Waals surface area contributed by atoms with Gasteiger partial charge in [0.05, 0.1) is 5.56 Å². The summed E-state index contributed by atoms with van der Waals surface area (Å²) in [6.07, 6.45) is 0. The first kappa shape index (κ1) is 16.5. The minimum Gasteiger partial charge on any atom is -0.457 e. The molecule has 0 fully saturated rings. The third-order valence-electron chi connectivity index (χ3n) is 5.20. The SMILES string of the molecule is O=C(OCc1cc2ccccc2c2ccccc12)c1ccc2ccccc2c1. The summed E-state index contributed by atoms with van der Waals surface area (Å²) >= 11 is 0. The van der Waals surface area contributed by atoms with Crippen molar-refractivity contribution in [2.24, 2.45) is 0 Å². The van der Waals surface area contributed by atoms with Crippen molar-refractivity contribution >= 4 is 38.3 Å². The van der Waals surface area contributed by atoms with E-state index in [4.69, 9.17) is 4.74 Å². The first-order chi connectivity index (χ1) is 13.8. The fourth-order valence-electron chi connectivity index (χ4n) is 3.79. The van der Waals surface area contributed by atoms with Crippen molar-refractivity contribution in [1.29, 1.82) is 0 Å². The van der Waals surface area contributed by atoms with E-state index in [0.29, 0.717) is 5.56 Å². The minimum atomic E-state index is -0.303. The van der Waals surface area contributed by atoms with Crippen molar-refractivity contribution in [3.8, 4) is 0 Å². The molecule has 0 aliphatic carbocycles. The van der Waals surface area contributed by atoms with Crippen molar-refractivity contribution in [3.63, 3.8) is 0 Å². The van der Waals surface area contributed by atoms with Gasteiger partial charge < -0.3 is 4.74 Å². The highest BCUT2D eigenvalue weighted by Gasteiger charge is 2.11. The molecule has 0 saturated carbocycles. The average Bonchev–Trinajstić information content (AvgIpc) is 2.77. The highest BCUT2D eigenvalue weighted by atomic mass is 16.5. The second-order valence-electron chi connectivity index (χ2n) is 6.94. The molecule has 134 valence electrons. The molecular weight excluding hydrogens is 344 g/mol. The number of carbonyl (C=O) groups excluding carboxylic acids is 1. The Balaban J connectivity index is 1.48. The van der Waals surface area contributed by atoms with Crippen LogP contribution in [0.25, 0.3) is 32.3 Å². The standard InChI is InChI=1S/C26H18O2/c27-26(21-14-13-18-7-1-2-8-19(18)15-21)28-17-22-16-20-9-3-4-10-23(20)25-12-6-5-11-24(22)25/h1-16H,17H2. The average molecular weight is 362 g/mol. The molecule has 0 saturated heterocycles. The van der Waals surface area contributed by atoms with E-state index in [1.807, 2.05) is 66.7 Å². The van der Waals surface area contributed by atoms with Crippen LogP contribution in [0.2, 0.25) is 0 Å². The first-order valence-electron chi connectivity index (χ1n) is 9.35. The van der Waals surface area contributed by atoms with Gasteiger partial charge in [0.1, 0.15) is 6.61 Å². The maximum Gasteiger partial charge on any atom is 0.338 e. The molecule has 0 radical (unpaired) electrons. The zero-order valence-electron chi connectivity index (χ0n) is 15.3. The lowest BCUT2D eigenvalue weighted by molar-refractivity contribution is 0.0474. The second kappa shape index (κ2) is 6.82. The normalized spacial score (nSPS) is 11.1. The van der Waals surface area contributed by atoms with Crippen molar-refractivity contribution < 1.29 is 9.53 Å². The van der Waals surface area contributed by atoms with Crippen molar-refractivity contribution in [2.45, 2.75) is 6.61 Å². The predicted molar refractivity (Wildman–Crippen MR) is 115 cm³/mol. The lowest BCUT2D eigenvalue weighted by Gasteiger charge is -2.11. The molecule has 0 amide bonds. The van der Waals surface area contributed by atoms with Gasteiger partial charge in [0, 0.05) is 0 Å². The van der Waals surface area contributed by atoms with Crippen LogP contribution >= 0.6 is 0 Å². The fraction of sp³-hybridized carbons (Fsp3) is 0.0385. The third-order valence-corrected chi connectivity index (χ3v) is 5.20. The molecule has 0 bridgehead atoms. The highest BCUT2D eigenvalue weighted by Crippen LogP contribution is 2.29. The van der Waals surface area contributed by atoms with E-state index >= 15 is 0 Å². The third kappa shape index (κ3) is 2.89. The zero-order chi connectivity index (χ0) is 18.9. The topological polar surface area (TPSA) is 26.3 Å².